The molecule has 8 heteroatoms. The van der Waals surface area contributed by atoms with Gasteiger partial charge in [-0.15, -0.1) is 5.10 Å². The summed E-state index contributed by atoms with van der Waals surface area (Å²) in [6.45, 7) is 2.87. The zero-order valence-corrected chi connectivity index (χ0v) is 15.7. The van der Waals surface area contributed by atoms with Gasteiger partial charge in [-0.05, 0) is 56.4 Å². The number of aliphatic hydroxyl groups is 1. The van der Waals surface area contributed by atoms with Gasteiger partial charge in [-0.1, -0.05) is 0 Å². The van der Waals surface area contributed by atoms with Gasteiger partial charge in [0.15, 0.2) is 5.65 Å². The van der Waals surface area contributed by atoms with Gasteiger partial charge in [0.1, 0.15) is 23.6 Å². The van der Waals surface area contributed by atoms with Gasteiger partial charge in [-0.25, -0.2) is 13.9 Å². The van der Waals surface area contributed by atoms with Crippen molar-refractivity contribution in [2.24, 2.45) is 0 Å². The van der Waals surface area contributed by atoms with Crippen LogP contribution in [-0.2, 0) is 6.42 Å². The zero-order chi connectivity index (χ0) is 19.3. The van der Waals surface area contributed by atoms with Crippen LogP contribution in [0.4, 0.5) is 10.2 Å². The third-order valence-corrected chi connectivity index (χ3v) is 5.79. The number of rotatable bonds is 0. The molecule has 5 rings (SSSR count). The maximum atomic E-state index is 14.1. The molecule has 0 aliphatic carbocycles. The number of aryl methyl sites for hydroxylation is 1. The minimum absolute atomic E-state index is 0.0452. The van der Waals surface area contributed by atoms with Crippen molar-refractivity contribution in [1.82, 2.24) is 24.9 Å². The average molecular weight is 382 g/mol. The molecule has 2 bridgehead atoms. The molecule has 7 nitrogen and oxygen atoms in total. The van der Waals surface area contributed by atoms with Crippen molar-refractivity contribution >= 4 is 11.5 Å². The summed E-state index contributed by atoms with van der Waals surface area (Å²) in [6.07, 6.45) is 5.52. The number of anilines is 1. The minimum Gasteiger partial charge on any atom is -0.373 e. The first kappa shape index (κ1) is 17.5. The highest BCUT2D eigenvalue weighted by molar-refractivity contribution is 5.50. The van der Waals surface area contributed by atoms with Crippen LogP contribution in [0.3, 0.4) is 0 Å². The fourth-order valence-electron chi connectivity index (χ4n) is 4.36. The number of imidazole rings is 1. The standard InChI is InChI=1S/C20H23FN6O/c1-12-4-5-15-14(9-13(21)10-22-15)16-3-2-8-26(16)19-7-6-18-23-11-17(20(28)24-12)27(18)25-19/h6-7,9-12,16,20,24,28H,2-5,8H2,1H3/t12-,16+,20?/m1/s1. The van der Waals surface area contributed by atoms with Crippen LogP contribution in [0.5, 0.6) is 0 Å². The van der Waals surface area contributed by atoms with Gasteiger partial charge in [0, 0.05) is 18.3 Å². The molecule has 2 N–H and O–H groups in total. The predicted octanol–water partition coefficient (Wildman–Crippen LogP) is 2.52. The Morgan fingerprint density at radius 2 is 2.11 bits per heavy atom. The molecule has 3 aromatic heterocycles. The Kier molecular flexibility index (Phi) is 4.25. The van der Waals surface area contributed by atoms with Crippen molar-refractivity contribution in [2.45, 2.75) is 50.9 Å². The van der Waals surface area contributed by atoms with E-state index in [4.69, 9.17) is 5.10 Å². The fraction of sp³-hybridized carbons (Fsp3) is 0.450. The van der Waals surface area contributed by atoms with Crippen molar-refractivity contribution < 1.29 is 9.50 Å². The van der Waals surface area contributed by atoms with Gasteiger partial charge in [-0.2, -0.15) is 0 Å². The van der Waals surface area contributed by atoms with Crippen LogP contribution in [0.25, 0.3) is 5.65 Å². The van der Waals surface area contributed by atoms with E-state index in [0.717, 1.165) is 42.9 Å². The number of nitrogens with zero attached hydrogens (tertiary/aromatic N) is 5. The van der Waals surface area contributed by atoms with Gasteiger partial charge >= 0.3 is 0 Å². The molecule has 0 amide bonds. The summed E-state index contributed by atoms with van der Waals surface area (Å²) in [6, 6.07) is 5.56. The van der Waals surface area contributed by atoms with Gasteiger partial charge in [-0.3, -0.25) is 10.3 Å². The fourth-order valence-corrected chi connectivity index (χ4v) is 4.36. The monoisotopic (exact) mass is 382 g/mol. The first-order valence-corrected chi connectivity index (χ1v) is 9.80. The van der Waals surface area contributed by atoms with E-state index in [9.17, 15) is 9.50 Å². The molecule has 1 saturated heterocycles. The molecular formula is C20H23FN6O. The van der Waals surface area contributed by atoms with Crippen LogP contribution in [-0.4, -0.2) is 37.3 Å². The summed E-state index contributed by atoms with van der Waals surface area (Å²) in [4.78, 5) is 11.0. The third kappa shape index (κ3) is 2.93. The number of nitrogens with one attached hydrogen (secondary N) is 1. The number of halogens is 1. The Hall–Kier alpha value is -2.58. The molecule has 2 aliphatic rings. The smallest absolute Gasteiger partial charge is 0.154 e. The summed E-state index contributed by atoms with van der Waals surface area (Å²) < 4.78 is 15.8. The topological polar surface area (TPSA) is 78.6 Å². The van der Waals surface area contributed by atoms with Crippen molar-refractivity contribution in [2.75, 3.05) is 11.4 Å². The molecule has 0 saturated carbocycles. The van der Waals surface area contributed by atoms with Crippen molar-refractivity contribution in [3.63, 3.8) is 0 Å². The first-order chi connectivity index (χ1) is 13.6. The Morgan fingerprint density at radius 3 is 3.00 bits per heavy atom. The maximum Gasteiger partial charge on any atom is 0.154 e. The molecule has 1 unspecified atom stereocenters. The van der Waals surface area contributed by atoms with Gasteiger partial charge < -0.3 is 10.0 Å². The van der Waals surface area contributed by atoms with E-state index in [2.05, 4.69) is 20.2 Å². The molecule has 2 aliphatic heterocycles. The number of hydrogen-bond acceptors (Lipinski definition) is 6. The van der Waals surface area contributed by atoms with E-state index in [-0.39, 0.29) is 17.9 Å². The molecule has 28 heavy (non-hydrogen) atoms. The second-order valence-corrected chi connectivity index (χ2v) is 7.69. The second-order valence-electron chi connectivity index (χ2n) is 7.69. The lowest BCUT2D eigenvalue weighted by Crippen LogP contribution is -2.31. The van der Waals surface area contributed by atoms with Gasteiger partial charge in [0.25, 0.3) is 0 Å². The molecular weight excluding hydrogens is 359 g/mol. The lowest BCUT2D eigenvalue weighted by atomic mass is 9.98. The molecule has 0 aromatic carbocycles. The number of aromatic nitrogens is 4. The van der Waals surface area contributed by atoms with Gasteiger partial charge in [0.2, 0.25) is 0 Å². The Bertz CT molecular complexity index is 1020. The summed E-state index contributed by atoms with van der Waals surface area (Å²) in [5.41, 5.74) is 3.16. The largest absolute Gasteiger partial charge is 0.373 e. The number of aliphatic hydroxyl groups excluding tert-OH is 1. The molecule has 1 fully saturated rings. The first-order valence-electron chi connectivity index (χ1n) is 9.80. The van der Waals surface area contributed by atoms with Gasteiger partial charge in [0.05, 0.1) is 18.4 Å². The third-order valence-electron chi connectivity index (χ3n) is 5.79. The minimum atomic E-state index is -0.872. The highest BCUT2D eigenvalue weighted by Crippen LogP contribution is 2.37. The Labute approximate surface area is 162 Å². The maximum absolute atomic E-state index is 14.1. The van der Waals surface area contributed by atoms with Crippen LogP contribution >= 0.6 is 0 Å². The average Bonchev–Trinajstić information content (AvgIpc) is 3.32. The van der Waals surface area contributed by atoms with E-state index < -0.39 is 6.23 Å². The number of hydrogen-bond donors (Lipinski definition) is 2. The molecule has 0 radical (unpaired) electrons. The summed E-state index contributed by atoms with van der Waals surface area (Å²) in [7, 11) is 0. The van der Waals surface area contributed by atoms with E-state index in [1.54, 1.807) is 16.8 Å². The lowest BCUT2D eigenvalue weighted by Gasteiger charge is -2.27. The van der Waals surface area contributed by atoms with E-state index >= 15 is 0 Å². The van der Waals surface area contributed by atoms with E-state index in [0.29, 0.717) is 17.8 Å². The van der Waals surface area contributed by atoms with E-state index in [1.165, 1.54) is 6.20 Å². The highest BCUT2D eigenvalue weighted by atomic mass is 19.1. The highest BCUT2D eigenvalue weighted by Gasteiger charge is 2.31. The summed E-state index contributed by atoms with van der Waals surface area (Å²) in [5.74, 6) is 0.487. The van der Waals surface area contributed by atoms with Crippen molar-refractivity contribution in [1.29, 1.82) is 0 Å². The van der Waals surface area contributed by atoms with Crippen LogP contribution in [0.2, 0.25) is 0 Å². The van der Waals surface area contributed by atoms with E-state index in [1.807, 2.05) is 19.1 Å². The SMILES string of the molecule is C[C@@H]1CCc2ncc(F)cc2[C@@H]2CCCN2c2ccc3ncc(n3n2)C(O)N1. The zero-order valence-electron chi connectivity index (χ0n) is 15.7. The number of fused-ring (bicyclic) bond motifs is 5. The molecule has 146 valence electrons. The van der Waals surface area contributed by atoms with Crippen LogP contribution in [0.15, 0.2) is 30.6 Å². The molecule has 0 spiro atoms. The van der Waals surface area contributed by atoms with Crippen molar-refractivity contribution in [3.05, 3.63) is 53.4 Å². The molecule has 3 atom stereocenters. The molecule has 5 heterocycles. The Morgan fingerprint density at radius 1 is 1.21 bits per heavy atom. The van der Waals surface area contributed by atoms with Crippen molar-refractivity contribution in [3.8, 4) is 0 Å². The Balaban J connectivity index is 1.67. The lowest BCUT2D eigenvalue weighted by molar-refractivity contribution is 0.118. The predicted molar refractivity (Wildman–Crippen MR) is 102 cm³/mol. The normalized spacial score (nSPS) is 25.1. The van der Waals surface area contributed by atoms with Crippen LogP contribution in [0, 0.1) is 5.82 Å². The quantitative estimate of drug-likeness (QED) is 0.622. The summed E-state index contributed by atoms with van der Waals surface area (Å²) >= 11 is 0. The molecule has 3 aromatic rings. The van der Waals surface area contributed by atoms with Crippen LogP contribution < -0.4 is 10.2 Å². The van der Waals surface area contributed by atoms with Crippen LogP contribution in [0.1, 0.15) is 55.4 Å². The summed E-state index contributed by atoms with van der Waals surface area (Å²) in [5, 5.41) is 18.6. The second kappa shape index (κ2) is 6.79. The number of pyridine rings is 1.